The maximum Gasteiger partial charge on any atom is 0.165 e. The molecule has 2 aromatic heterocycles. The molecule has 0 amide bonds. The van der Waals surface area contributed by atoms with Crippen LogP contribution in [-0.4, -0.2) is 32.4 Å². The number of anilines is 2. The van der Waals surface area contributed by atoms with Gasteiger partial charge < -0.3 is 5.32 Å². The minimum atomic E-state index is -0.121. The molecule has 9 heteroatoms. The van der Waals surface area contributed by atoms with Crippen molar-refractivity contribution in [1.82, 2.24) is 20.2 Å². The molecule has 1 aliphatic rings. The first-order valence-corrected chi connectivity index (χ1v) is 13.8. The first kappa shape index (κ1) is 24.3. The average Bonchev–Trinajstić information content (AvgIpc) is 3.35. The van der Waals surface area contributed by atoms with Gasteiger partial charge in [0, 0.05) is 36.0 Å². The molecular formula is C23H25I3N6. The molecule has 3 aromatic rings. The minimum absolute atomic E-state index is 0.121. The fourth-order valence-corrected chi connectivity index (χ4v) is 4.58. The van der Waals surface area contributed by atoms with Gasteiger partial charge in [-0.2, -0.15) is 5.10 Å². The van der Waals surface area contributed by atoms with Crippen molar-refractivity contribution < 1.29 is 0 Å². The third-order valence-corrected chi connectivity index (χ3v) is 7.11. The van der Waals surface area contributed by atoms with E-state index in [1.807, 2.05) is 13.0 Å². The van der Waals surface area contributed by atoms with Crippen LogP contribution in [0.25, 0.3) is 0 Å². The second-order valence-corrected chi connectivity index (χ2v) is 19.1. The molecule has 0 bridgehead atoms. The Labute approximate surface area is 229 Å². The Morgan fingerprint density at radius 2 is 1.91 bits per heavy atom. The number of alkyl halides is 3. The van der Waals surface area contributed by atoms with E-state index in [4.69, 9.17) is 4.99 Å². The van der Waals surface area contributed by atoms with E-state index in [9.17, 15) is 0 Å². The van der Waals surface area contributed by atoms with Gasteiger partial charge in [0.15, 0.2) is 5.25 Å². The van der Waals surface area contributed by atoms with Crippen molar-refractivity contribution in [3.63, 3.8) is 0 Å². The van der Waals surface area contributed by atoms with Crippen LogP contribution in [0.1, 0.15) is 53.2 Å². The molecule has 6 nitrogen and oxygen atoms in total. The summed E-state index contributed by atoms with van der Waals surface area (Å²) in [7, 11) is 0. The number of aromatic amines is 1. The molecule has 1 saturated carbocycles. The van der Waals surface area contributed by atoms with Crippen LogP contribution in [0.3, 0.4) is 0 Å². The van der Waals surface area contributed by atoms with E-state index in [2.05, 4.69) is 131 Å². The van der Waals surface area contributed by atoms with Crippen molar-refractivity contribution in [3.05, 3.63) is 64.2 Å². The highest BCUT2D eigenvalue weighted by Gasteiger charge is 2.35. The summed E-state index contributed by atoms with van der Waals surface area (Å²) in [4.78, 5) is 13.9. The van der Waals surface area contributed by atoms with Gasteiger partial charge in [0.2, 0.25) is 0 Å². The number of benzene rings is 1. The fraction of sp³-hybridized carbons (Fsp3) is 0.391. The van der Waals surface area contributed by atoms with Crippen LogP contribution >= 0.6 is 67.8 Å². The van der Waals surface area contributed by atoms with Crippen LogP contribution in [0.4, 0.5) is 11.6 Å². The van der Waals surface area contributed by atoms with Crippen molar-refractivity contribution >= 4 is 85.1 Å². The molecule has 0 spiro atoms. The molecule has 32 heavy (non-hydrogen) atoms. The van der Waals surface area contributed by atoms with Crippen LogP contribution in [0.5, 0.6) is 0 Å². The molecule has 2 N–H and O–H groups in total. The molecule has 1 fully saturated rings. The van der Waals surface area contributed by atoms with Gasteiger partial charge in [-0.05, 0) is 112 Å². The summed E-state index contributed by atoms with van der Waals surface area (Å²) in [6.07, 6.45) is 3.08. The number of aliphatic imine (C=N–C) groups is 1. The summed E-state index contributed by atoms with van der Waals surface area (Å²) in [5.74, 6) is 2.62. The predicted octanol–water partition coefficient (Wildman–Crippen LogP) is 6.71. The quantitative estimate of drug-likeness (QED) is 0.198. The molecule has 168 valence electrons. The highest BCUT2D eigenvalue weighted by Crippen LogP contribution is 2.45. The number of hydrogen-bond acceptors (Lipinski definition) is 5. The van der Waals surface area contributed by atoms with E-state index in [-0.39, 0.29) is -0.565 Å². The summed E-state index contributed by atoms with van der Waals surface area (Å²) in [6, 6.07) is 10.8. The second kappa shape index (κ2) is 10.2. The van der Waals surface area contributed by atoms with Crippen LogP contribution < -0.4 is 5.32 Å². The van der Waals surface area contributed by atoms with Gasteiger partial charge in [-0.15, -0.1) is 0 Å². The third-order valence-electron chi connectivity index (χ3n) is 5.45. The molecular weight excluding hydrogens is 741 g/mol. The van der Waals surface area contributed by atoms with Gasteiger partial charge in [-0.25, -0.2) is 9.97 Å². The zero-order valence-corrected chi connectivity index (χ0v) is 24.7. The summed E-state index contributed by atoms with van der Waals surface area (Å²) >= 11 is 7.11. The Morgan fingerprint density at radius 3 is 2.66 bits per heavy atom. The Bertz CT molecular complexity index is 1150. The zero-order chi connectivity index (χ0) is 22.9. The van der Waals surface area contributed by atoms with Crippen LogP contribution in [0, 0.1) is 13.8 Å². The van der Waals surface area contributed by atoms with E-state index < -0.39 is 0 Å². The number of halogens is 3. The molecule has 0 saturated heterocycles. The third kappa shape index (κ3) is 6.19. The number of hydrogen-bond donors (Lipinski definition) is 2. The molecule has 1 unspecified atom stereocenters. The highest BCUT2D eigenvalue weighted by molar-refractivity contribution is 14.3. The number of nitrogens with one attached hydrogen (secondary N) is 2. The van der Waals surface area contributed by atoms with Crippen molar-refractivity contribution in [3.8, 4) is 0 Å². The van der Waals surface area contributed by atoms with Crippen LogP contribution in [0.15, 0.2) is 35.3 Å². The Hall–Kier alpha value is -0.830. The lowest BCUT2D eigenvalue weighted by atomic mass is 10.00. The largest absolute Gasteiger partial charge is 0.323 e. The molecule has 1 aromatic carbocycles. The zero-order valence-electron chi connectivity index (χ0n) is 18.2. The van der Waals surface area contributed by atoms with Gasteiger partial charge in [0.25, 0.3) is 0 Å². The number of rotatable bonds is 8. The molecule has 4 rings (SSSR count). The van der Waals surface area contributed by atoms with E-state index >= 15 is 0 Å². The van der Waals surface area contributed by atoms with E-state index in [1.165, 1.54) is 22.4 Å². The summed E-state index contributed by atoms with van der Waals surface area (Å²) in [5, 5.41) is 10.9. The summed E-state index contributed by atoms with van der Waals surface area (Å²) in [6.45, 7) is 7.12. The average molecular weight is 766 g/mol. The van der Waals surface area contributed by atoms with Crippen molar-refractivity contribution in [1.29, 1.82) is 0 Å². The second-order valence-electron chi connectivity index (χ2n) is 8.02. The molecule has 0 aliphatic heterocycles. The molecule has 1 aliphatic carbocycles. The molecule has 1 atom stereocenters. The van der Waals surface area contributed by atoms with E-state index in [0.717, 1.165) is 54.7 Å². The van der Waals surface area contributed by atoms with Gasteiger partial charge in [-0.1, -0.05) is 30.7 Å². The first-order valence-electron chi connectivity index (χ1n) is 10.6. The maximum atomic E-state index is 4.86. The lowest BCUT2D eigenvalue weighted by Crippen LogP contribution is -2.06. The van der Waals surface area contributed by atoms with Crippen LogP contribution in [0.2, 0.25) is 0 Å². The van der Waals surface area contributed by atoms with Gasteiger partial charge >= 0.3 is 0 Å². The van der Waals surface area contributed by atoms with Crippen LogP contribution in [-0.2, 0) is 12.3 Å². The normalized spacial score (nSPS) is 17.1. The van der Waals surface area contributed by atoms with Crippen molar-refractivity contribution in [2.45, 2.75) is 45.4 Å². The first-order chi connectivity index (χ1) is 15.2. The predicted molar refractivity (Wildman–Crippen MR) is 156 cm³/mol. The van der Waals surface area contributed by atoms with E-state index in [1.54, 1.807) is 0 Å². The standard InChI is InChI=1S/C23H25I3N6/c1-4-15-9-13(2)5-6-16(15)7-8-27-18-10-17(18)19-11-22(32-31-19)30-21-12-20(23(24,25)26)28-14(3)29-21/h5-6,9,11-12,17H,4,7-8,10H2,1-3H3,(H2,28,29,30,31,32). The SMILES string of the molecule is CCc1cc(C)ccc1CCN=C1CC1c1cc(Nc2cc(C(I)(I)I)nc(C)n2)n[nH]1. The van der Waals surface area contributed by atoms with Crippen molar-refractivity contribution in [2.24, 2.45) is 4.99 Å². The monoisotopic (exact) mass is 766 g/mol. The number of H-pyrrole nitrogens is 1. The van der Waals surface area contributed by atoms with Crippen molar-refractivity contribution in [2.75, 3.05) is 11.9 Å². The topological polar surface area (TPSA) is 78.8 Å². The smallest absolute Gasteiger partial charge is 0.165 e. The number of aryl methyl sites for hydroxylation is 3. The molecule has 2 heterocycles. The number of aromatic nitrogens is 4. The number of nitrogens with zero attached hydrogens (tertiary/aromatic N) is 4. The molecule has 0 radical (unpaired) electrons. The summed E-state index contributed by atoms with van der Waals surface area (Å²) in [5.41, 5.74) is 7.52. The lowest BCUT2D eigenvalue weighted by Gasteiger charge is -2.13. The van der Waals surface area contributed by atoms with E-state index in [0.29, 0.717) is 5.92 Å². The minimum Gasteiger partial charge on any atom is -0.323 e. The Balaban J connectivity index is 1.37. The van der Waals surface area contributed by atoms with Gasteiger partial charge in [-0.3, -0.25) is 10.1 Å². The lowest BCUT2D eigenvalue weighted by molar-refractivity contribution is 0.936. The summed E-state index contributed by atoms with van der Waals surface area (Å²) < 4.78 is -0.121. The van der Waals surface area contributed by atoms with Gasteiger partial charge in [0.1, 0.15) is 11.6 Å². The fourth-order valence-electron chi connectivity index (χ4n) is 3.75. The Morgan fingerprint density at radius 1 is 1.09 bits per heavy atom. The maximum absolute atomic E-state index is 4.86. The van der Waals surface area contributed by atoms with Gasteiger partial charge in [0.05, 0.1) is 5.69 Å². The highest BCUT2D eigenvalue weighted by atomic mass is 127. The Kier molecular flexibility index (Phi) is 7.74.